The number of hydrogen-bond acceptors (Lipinski definition) is 7. The Hall–Kier alpha value is -2.92. The summed E-state index contributed by atoms with van der Waals surface area (Å²) in [5, 5.41) is 29.6. The molecule has 0 bridgehead atoms. The predicted octanol–water partition coefficient (Wildman–Crippen LogP) is 1.93. The molecule has 3 amide bonds. The van der Waals surface area contributed by atoms with Crippen molar-refractivity contribution < 1.29 is 29.3 Å². The molecule has 38 heavy (non-hydrogen) atoms. The number of carboxylic acids is 1. The van der Waals surface area contributed by atoms with E-state index in [0.717, 1.165) is 43.7 Å². The zero-order chi connectivity index (χ0) is 27.5. The Morgan fingerprint density at radius 3 is 2.61 bits per heavy atom. The second-order valence-corrected chi connectivity index (χ2v) is 9.93. The van der Waals surface area contributed by atoms with E-state index in [2.05, 4.69) is 27.0 Å². The van der Waals surface area contributed by atoms with Crippen LogP contribution in [0.25, 0.3) is 0 Å². The molecule has 5 N–H and O–H groups in total. The lowest BCUT2D eigenvalue weighted by atomic mass is 9.83. The number of urea groups is 1. The van der Waals surface area contributed by atoms with Gasteiger partial charge in [0, 0.05) is 51.0 Å². The number of aliphatic carboxylic acids is 1. The van der Waals surface area contributed by atoms with Crippen molar-refractivity contribution in [3.8, 4) is 0 Å². The third-order valence-electron chi connectivity index (χ3n) is 7.42. The number of ether oxygens (including phenoxy) is 1. The first-order valence-corrected chi connectivity index (χ1v) is 13.9. The molecule has 1 aromatic heterocycles. The number of pyridine rings is 1. The molecular weight excluding hydrogens is 490 g/mol. The Bertz CT molecular complexity index is 944. The lowest BCUT2D eigenvalue weighted by molar-refractivity contribution is -0.154. The number of nitrogens with zero attached hydrogens (tertiary/aromatic N) is 2. The highest BCUT2D eigenvalue weighted by Crippen LogP contribution is 2.27. The summed E-state index contributed by atoms with van der Waals surface area (Å²) in [6.45, 7) is 6.77. The summed E-state index contributed by atoms with van der Waals surface area (Å²) < 4.78 is 5.26. The van der Waals surface area contributed by atoms with Gasteiger partial charge in [-0.1, -0.05) is 19.9 Å². The van der Waals surface area contributed by atoms with Crippen LogP contribution in [0, 0.1) is 5.92 Å². The Kier molecular flexibility index (Phi) is 11.1. The highest BCUT2D eigenvalue weighted by Gasteiger charge is 2.46. The molecule has 0 saturated carbocycles. The largest absolute Gasteiger partial charge is 0.480 e. The Balaban J connectivity index is 0.00000195. The number of likely N-dealkylation sites (tertiary alicyclic amines) is 1. The van der Waals surface area contributed by atoms with E-state index in [1.54, 1.807) is 4.90 Å². The zero-order valence-electron chi connectivity index (χ0n) is 22.6. The summed E-state index contributed by atoms with van der Waals surface area (Å²) in [5.41, 5.74) is 0.620. The molecule has 3 aliphatic rings. The summed E-state index contributed by atoms with van der Waals surface area (Å²) in [4.78, 5) is 43.3. The van der Waals surface area contributed by atoms with Crippen LogP contribution in [0.5, 0.6) is 0 Å². The average molecular weight is 534 g/mol. The fraction of sp³-hybridized carbons (Fsp3) is 0.704. The van der Waals surface area contributed by atoms with Crippen molar-refractivity contribution in [1.82, 2.24) is 20.5 Å². The summed E-state index contributed by atoms with van der Waals surface area (Å²) in [7, 11) is 0. The molecule has 2 saturated heterocycles. The molecule has 2 fully saturated rings. The highest BCUT2D eigenvalue weighted by atomic mass is 16.5. The third-order valence-corrected chi connectivity index (χ3v) is 7.42. The minimum Gasteiger partial charge on any atom is -0.480 e. The first-order chi connectivity index (χ1) is 18.4. The maximum Gasteiger partial charge on any atom is 0.329 e. The first-order valence-electron chi connectivity index (χ1n) is 13.9. The number of anilines is 1. The number of aliphatic hydroxyl groups is 1. The van der Waals surface area contributed by atoms with Crippen LogP contribution in [-0.4, -0.2) is 89.0 Å². The van der Waals surface area contributed by atoms with E-state index in [1.165, 1.54) is 5.56 Å². The van der Waals surface area contributed by atoms with Gasteiger partial charge in [-0.3, -0.25) is 4.79 Å². The average Bonchev–Trinajstić information content (AvgIpc) is 2.95. The number of hydrogen-bond donors (Lipinski definition) is 5. The van der Waals surface area contributed by atoms with Crippen molar-refractivity contribution in [2.75, 3.05) is 44.7 Å². The minimum absolute atomic E-state index is 0.0670. The van der Waals surface area contributed by atoms with E-state index in [9.17, 15) is 24.6 Å². The predicted molar refractivity (Wildman–Crippen MR) is 143 cm³/mol. The topological polar surface area (TPSA) is 153 Å². The van der Waals surface area contributed by atoms with Gasteiger partial charge in [-0.25, -0.2) is 14.6 Å². The fourth-order valence-corrected chi connectivity index (χ4v) is 5.12. The van der Waals surface area contributed by atoms with E-state index in [1.807, 2.05) is 19.9 Å². The minimum atomic E-state index is -1.62. The highest BCUT2D eigenvalue weighted by molar-refractivity contribution is 5.86. The monoisotopic (exact) mass is 533 g/mol. The van der Waals surface area contributed by atoms with E-state index < -0.39 is 17.6 Å². The van der Waals surface area contributed by atoms with Gasteiger partial charge in [0.15, 0.2) is 6.04 Å². The van der Waals surface area contributed by atoms with Gasteiger partial charge in [0.05, 0.1) is 5.60 Å². The van der Waals surface area contributed by atoms with Gasteiger partial charge in [0.25, 0.3) is 0 Å². The van der Waals surface area contributed by atoms with Crippen molar-refractivity contribution in [2.45, 2.75) is 76.9 Å². The van der Waals surface area contributed by atoms with Gasteiger partial charge in [0.1, 0.15) is 5.82 Å². The lowest BCUT2D eigenvalue weighted by Crippen LogP contribution is -2.62. The number of carbonyl (C=O) groups excluding carboxylic acids is 2. The molecule has 0 aromatic carbocycles. The molecule has 212 valence electrons. The Labute approximate surface area is 224 Å². The molecule has 0 radical (unpaired) electrons. The van der Waals surface area contributed by atoms with Crippen molar-refractivity contribution in [1.29, 1.82) is 0 Å². The second-order valence-electron chi connectivity index (χ2n) is 9.93. The number of aromatic nitrogens is 1. The molecular formula is C27H43N5O6. The van der Waals surface area contributed by atoms with Crippen LogP contribution < -0.4 is 16.0 Å². The van der Waals surface area contributed by atoms with Gasteiger partial charge in [-0.2, -0.15) is 0 Å². The van der Waals surface area contributed by atoms with E-state index in [0.29, 0.717) is 32.6 Å². The Morgan fingerprint density at radius 1 is 1.21 bits per heavy atom. The van der Waals surface area contributed by atoms with Crippen molar-refractivity contribution in [2.24, 2.45) is 5.92 Å². The summed E-state index contributed by atoms with van der Waals surface area (Å²) >= 11 is 0. The number of rotatable bonds is 8. The quantitative estimate of drug-likeness (QED) is 0.318. The van der Waals surface area contributed by atoms with Crippen LogP contribution in [0.2, 0.25) is 0 Å². The molecule has 3 aliphatic heterocycles. The molecule has 4 heterocycles. The molecule has 0 aliphatic carbocycles. The molecule has 11 nitrogen and oxygen atoms in total. The van der Waals surface area contributed by atoms with Gasteiger partial charge in [-0.05, 0) is 63.0 Å². The van der Waals surface area contributed by atoms with E-state index in [-0.39, 0.29) is 43.8 Å². The zero-order valence-corrected chi connectivity index (χ0v) is 22.6. The third kappa shape index (κ3) is 7.80. The van der Waals surface area contributed by atoms with Crippen LogP contribution in [0.4, 0.5) is 10.6 Å². The smallest absolute Gasteiger partial charge is 0.329 e. The number of carboxylic acid groups (broad SMARTS) is 1. The van der Waals surface area contributed by atoms with Crippen molar-refractivity contribution in [3.05, 3.63) is 23.4 Å². The lowest BCUT2D eigenvalue weighted by Gasteiger charge is -2.41. The van der Waals surface area contributed by atoms with Gasteiger partial charge < -0.3 is 35.8 Å². The van der Waals surface area contributed by atoms with Crippen LogP contribution in [0.15, 0.2) is 12.1 Å². The van der Waals surface area contributed by atoms with Gasteiger partial charge >= 0.3 is 12.0 Å². The van der Waals surface area contributed by atoms with Crippen LogP contribution in [-0.2, 0) is 27.2 Å². The van der Waals surface area contributed by atoms with Crippen LogP contribution >= 0.6 is 0 Å². The van der Waals surface area contributed by atoms with Crippen LogP contribution in [0.3, 0.4) is 0 Å². The number of fused-ring (bicyclic) bond motifs is 1. The number of carbonyl (C=O) groups is 3. The number of nitrogens with one attached hydrogen (secondary N) is 3. The normalized spacial score (nSPS) is 19.6. The number of amides is 3. The second kappa shape index (κ2) is 14.3. The Morgan fingerprint density at radius 2 is 1.92 bits per heavy atom. The van der Waals surface area contributed by atoms with Crippen molar-refractivity contribution in [3.63, 3.8) is 0 Å². The summed E-state index contributed by atoms with van der Waals surface area (Å²) in [6.07, 6.45) is 4.86. The molecule has 1 aromatic rings. The van der Waals surface area contributed by atoms with Gasteiger partial charge in [-0.15, -0.1) is 0 Å². The molecule has 4 rings (SSSR count). The fourth-order valence-electron chi connectivity index (χ4n) is 5.12. The van der Waals surface area contributed by atoms with E-state index in [4.69, 9.17) is 4.74 Å². The SMILES string of the molecule is CC.O=C(NC(C(=O)O)C1(O)CCN(C(=O)NCCCc2ccc3c(n2)NCCC3)CC1)C1CCOCC1. The maximum atomic E-state index is 12.6. The van der Waals surface area contributed by atoms with Gasteiger partial charge in [0.2, 0.25) is 5.91 Å². The van der Waals surface area contributed by atoms with Crippen molar-refractivity contribution >= 4 is 23.7 Å². The molecule has 1 atom stereocenters. The number of piperidine rings is 1. The summed E-state index contributed by atoms with van der Waals surface area (Å²) in [6, 6.07) is 2.50. The molecule has 1 unspecified atom stereocenters. The molecule has 11 heteroatoms. The molecule has 0 spiro atoms. The maximum absolute atomic E-state index is 12.6. The summed E-state index contributed by atoms with van der Waals surface area (Å²) in [5.74, 6) is -1.000. The first kappa shape index (κ1) is 29.6. The van der Waals surface area contributed by atoms with Crippen LogP contribution in [0.1, 0.15) is 63.6 Å². The number of aryl methyl sites for hydroxylation is 2. The standard InChI is InChI=1S/C25H37N5O6.C2H6/c31-22(18-7-15-36-16-8-18)29-20(23(32)33)25(35)9-13-30(14-10-25)24(34)27-12-2-4-19-6-5-17-3-1-11-26-21(17)28-19;1-2/h5-6,18,20,35H,1-4,7-16H2,(H,26,28)(H,27,34)(H,29,31)(H,32,33);1-2H3. The van der Waals surface area contributed by atoms with E-state index >= 15 is 0 Å².